The third-order valence-electron chi connectivity index (χ3n) is 2.65. The van der Waals surface area contributed by atoms with Crippen molar-refractivity contribution in [3.05, 3.63) is 0 Å². The van der Waals surface area contributed by atoms with Gasteiger partial charge in [0.15, 0.2) is 0 Å². The van der Waals surface area contributed by atoms with E-state index >= 15 is 0 Å². The van der Waals surface area contributed by atoms with Crippen LogP contribution in [-0.2, 0) is 4.74 Å². The average Bonchev–Trinajstić information content (AvgIpc) is 2.19. The van der Waals surface area contributed by atoms with Gasteiger partial charge in [0.25, 0.3) is 0 Å². The third-order valence-corrected chi connectivity index (χ3v) is 2.65. The van der Waals surface area contributed by atoms with Crippen LogP contribution in [0.5, 0.6) is 0 Å². The smallest absolute Gasteiger partial charge is 0.406 e. The molecule has 0 spiro atoms. The number of likely N-dealkylation sites (N-methyl/N-ethyl adjacent to an activating group) is 2. The van der Waals surface area contributed by atoms with Crippen LogP contribution in [-0.4, -0.2) is 69.3 Å². The van der Waals surface area contributed by atoms with Crippen molar-refractivity contribution in [2.24, 2.45) is 0 Å². The largest absolute Gasteiger partial charge is 0.453 e. The summed E-state index contributed by atoms with van der Waals surface area (Å²) in [6.07, 6.45) is -0.355. The molecule has 0 aromatic heterocycles. The van der Waals surface area contributed by atoms with E-state index in [0.29, 0.717) is 12.6 Å². The molecule has 0 radical (unpaired) electrons. The Kier molecular flexibility index (Phi) is 4.16. The highest BCUT2D eigenvalue weighted by molar-refractivity contribution is 5.66. The second-order valence-corrected chi connectivity index (χ2v) is 3.77. The van der Waals surface area contributed by atoms with Crippen molar-refractivity contribution < 1.29 is 9.53 Å². The molecule has 5 heteroatoms. The number of carbonyl (C=O) groups excluding carboxylic acids is 1. The summed E-state index contributed by atoms with van der Waals surface area (Å²) in [4.78, 5) is 15.4. The van der Waals surface area contributed by atoms with Crippen molar-refractivity contribution in [1.29, 1.82) is 0 Å². The molecule has 0 bridgehead atoms. The van der Waals surface area contributed by atoms with Gasteiger partial charge in [-0.15, -0.1) is 0 Å². The first-order valence-corrected chi connectivity index (χ1v) is 4.84. The van der Waals surface area contributed by atoms with Crippen LogP contribution in [0, 0.1) is 0 Å². The van der Waals surface area contributed by atoms with Crippen LogP contribution >= 0.6 is 0 Å². The van der Waals surface area contributed by atoms with Crippen LogP contribution in [0.4, 0.5) is 4.79 Å². The molecule has 0 saturated carbocycles. The number of ether oxygens (including phenoxy) is 1. The lowest BCUT2D eigenvalue weighted by Crippen LogP contribution is -2.54. The van der Waals surface area contributed by atoms with E-state index in [2.05, 4.69) is 33.9 Å². The lowest BCUT2D eigenvalue weighted by Gasteiger charge is -2.37. The maximum atomic E-state index is 10.9. The number of rotatable bonds is 2. The molecular formula is C9H19N3O2. The van der Waals surface area contributed by atoms with E-state index in [0.717, 1.165) is 19.6 Å². The van der Waals surface area contributed by atoms with E-state index < -0.39 is 0 Å². The summed E-state index contributed by atoms with van der Waals surface area (Å²) >= 11 is 0. The summed E-state index contributed by atoms with van der Waals surface area (Å²) in [5.74, 6) is 0. The second-order valence-electron chi connectivity index (χ2n) is 3.77. The minimum atomic E-state index is -0.355. The molecule has 1 aliphatic heterocycles. The Balaban J connectivity index is 2.30. The van der Waals surface area contributed by atoms with Crippen molar-refractivity contribution in [2.75, 3.05) is 47.4 Å². The van der Waals surface area contributed by atoms with Gasteiger partial charge in [-0.05, 0) is 14.1 Å². The highest BCUT2D eigenvalue weighted by Crippen LogP contribution is 2.04. The fourth-order valence-electron chi connectivity index (χ4n) is 1.60. The normalized spacial score (nSPS) is 24.6. The monoisotopic (exact) mass is 201 g/mol. The molecule has 5 nitrogen and oxygen atoms in total. The molecule has 1 fully saturated rings. The van der Waals surface area contributed by atoms with Crippen molar-refractivity contribution in [3.8, 4) is 0 Å². The van der Waals surface area contributed by atoms with E-state index in [-0.39, 0.29) is 6.09 Å². The van der Waals surface area contributed by atoms with E-state index in [4.69, 9.17) is 0 Å². The molecule has 1 N–H and O–H groups in total. The number of hydrogen-bond donors (Lipinski definition) is 1. The van der Waals surface area contributed by atoms with Crippen LogP contribution in [0.25, 0.3) is 0 Å². The minimum Gasteiger partial charge on any atom is -0.453 e. The van der Waals surface area contributed by atoms with Crippen molar-refractivity contribution in [3.63, 3.8) is 0 Å². The van der Waals surface area contributed by atoms with Gasteiger partial charge >= 0.3 is 6.09 Å². The van der Waals surface area contributed by atoms with Gasteiger partial charge in [-0.25, -0.2) is 4.79 Å². The van der Waals surface area contributed by atoms with Gasteiger partial charge in [0.05, 0.1) is 7.11 Å². The number of alkyl carbamates (subject to hydrolysis) is 1. The van der Waals surface area contributed by atoms with Crippen LogP contribution in [0.3, 0.4) is 0 Å². The molecule has 1 aliphatic rings. The van der Waals surface area contributed by atoms with Gasteiger partial charge in [-0.2, -0.15) is 0 Å². The summed E-state index contributed by atoms with van der Waals surface area (Å²) in [5.41, 5.74) is 0. The fraction of sp³-hybridized carbons (Fsp3) is 0.889. The lowest BCUT2D eigenvalue weighted by molar-refractivity contribution is 0.109. The molecule has 0 unspecified atom stereocenters. The third kappa shape index (κ3) is 3.16. The predicted octanol–water partition coefficient (Wildman–Crippen LogP) is -0.412. The molecule has 0 aromatic carbocycles. The SMILES string of the molecule is COC(=O)NC[C@H]1CN(C)CCN1C. The van der Waals surface area contributed by atoms with Crippen molar-refractivity contribution in [2.45, 2.75) is 6.04 Å². The summed E-state index contributed by atoms with van der Waals surface area (Å²) in [6.45, 7) is 3.77. The minimum absolute atomic E-state index is 0.355. The first kappa shape index (κ1) is 11.3. The number of piperazine rings is 1. The average molecular weight is 201 g/mol. The van der Waals surface area contributed by atoms with Gasteiger partial charge in [0.2, 0.25) is 0 Å². The predicted molar refractivity (Wildman–Crippen MR) is 54.3 cm³/mol. The molecular weight excluding hydrogens is 182 g/mol. The first-order valence-electron chi connectivity index (χ1n) is 4.84. The molecule has 1 heterocycles. The number of amides is 1. The first-order chi connectivity index (χ1) is 6.63. The highest BCUT2D eigenvalue weighted by atomic mass is 16.5. The Labute approximate surface area is 85.0 Å². The Hall–Kier alpha value is -0.810. The zero-order valence-electron chi connectivity index (χ0n) is 9.12. The Morgan fingerprint density at radius 1 is 1.50 bits per heavy atom. The maximum Gasteiger partial charge on any atom is 0.406 e. The van der Waals surface area contributed by atoms with Gasteiger partial charge in [-0.1, -0.05) is 0 Å². The number of nitrogens with zero attached hydrogens (tertiary/aromatic N) is 2. The van der Waals surface area contributed by atoms with Crippen LogP contribution < -0.4 is 5.32 Å². The number of carbonyl (C=O) groups is 1. The Morgan fingerprint density at radius 3 is 2.86 bits per heavy atom. The summed E-state index contributed by atoms with van der Waals surface area (Å²) in [5, 5.41) is 2.72. The Bertz CT molecular complexity index is 198. The van der Waals surface area contributed by atoms with Gasteiger partial charge in [0, 0.05) is 32.2 Å². The van der Waals surface area contributed by atoms with E-state index in [9.17, 15) is 4.79 Å². The summed E-state index contributed by atoms with van der Waals surface area (Å²) in [7, 11) is 5.56. The van der Waals surface area contributed by atoms with E-state index in [1.807, 2.05) is 0 Å². The second kappa shape index (κ2) is 5.17. The topological polar surface area (TPSA) is 44.8 Å². The van der Waals surface area contributed by atoms with E-state index in [1.165, 1.54) is 7.11 Å². The quantitative estimate of drug-likeness (QED) is 0.659. The van der Waals surface area contributed by atoms with Crippen molar-refractivity contribution in [1.82, 2.24) is 15.1 Å². The molecule has 14 heavy (non-hydrogen) atoms. The van der Waals surface area contributed by atoms with E-state index in [1.54, 1.807) is 0 Å². The van der Waals surface area contributed by atoms with Crippen molar-refractivity contribution >= 4 is 6.09 Å². The van der Waals surface area contributed by atoms with Crippen LogP contribution in [0.15, 0.2) is 0 Å². The lowest BCUT2D eigenvalue weighted by atomic mass is 10.2. The van der Waals surface area contributed by atoms with Gasteiger partial charge < -0.3 is 15.0 Å². The maximum absolute atomic E-state index is 10.9. The molecule has 82 valence electrons. The molecule has 0 aliphatic carbocycles. The fourth-order valence-corrected chi connectivity index (χ4v) is 1.60. The molecule has 0 aromatic rings. The molecule has 1 saturated heterocycles. The number of hydrogen-bond acceptors (Lipinski definition) is 4. The van der Waals surface area contributed by atoms with Gasteiger partial charge in [-0.3, -0.25) is 4.90 Å². The summed E-state index contributed by atoms with van der Waals surface area (Å²) < 4.78 is 4.52. The molecule has 1 amide bonds. The zero-order valence-corrected chi connectivity index (χ0v) is 9.12. The Morgan fingerprint density at radius 2 is 2.21 bits per heavy atom. The standard InChI is InChI=1S/C9H19N3O2/c1-11-4-5-12(2)8(7-11)6-10-9(13)14-3/h8H,4-7H2,1-3H3,(H,10,13)/t8-/m0/s1. The van der Waals surface area contributed by atoms with Crippen LogP contribution in [0.1, 0.15) is 0 Å². The number of nitrogens with one attached hydrogen (secondary N) is 1. The zero-order chi connectivity index (χ0) is 10.6. The number of methoxy groups -OCH3 is 1. The van der Waals surface area contributed by atoms with Crippen LogP contribution in [0.2, 0.25) is 0 Å². The summed E-state index contributed by atoms with van der Waals surface area (Å²) in [6, 6.07) is 0.382. The highest BCUT2D eigenvalue weighted by Gasteiger charge is 2.22. The van der Waals surface area contributed by atoms with Gasteiger partial charge in [0.1, 0.15) is 0 Å². The molecule has 1 rings (SSSR count). The molecule has 1 atom stereocenters.